The molecule has 0 atom stereocenters. The fraction of sp³-hybridized carbons (Fsp3) is 0.143. The summed E-state index contributed by atoms with van der Waals surface area (Å²) in [5.74, 6) is 0.0400. The van der Waals surface area contributed by atoms with Crippen LogP contribution in [0.2, 0.25) is 0 Å². The van der Waals surface area contributed by atoms with E-state index in [-0.39, 0.29) is 11.7 Å². The number of carbonyl (C=O) groups excluding carboxylic acids is 1. The third kappa shape index (κ3) is 2.83. The number of hydrogen-bond donors (Lipinski definition) is 2. The van der Waals surface area contributed by atoms with Crippen LogP contribution in [0.3, 0.4) is 0 Å². The van der Waals surface area contributed by atoms with Crippen LogP contribution in [0.15, 0.2) is 22.9 Å². The molecule has 1 heterocycles. The average molecular weight is 247 g/mol. The molecule has 0 aliphatic rings. The molecule has 1 aromatic rings. The summed E-state index contributed by atoms with van der Waals surface area (Å²) in [4.78, 5) is 14.8. The van der Waals surface area contributed by atoms with Crippen LogP contribution in [0.1, 0.15) is 0 Å². The normalized spacial score (nSPS) is 9.50. The van der Waals surface area contributed by atoms with Gasteiger partial charge in [-0.25, -0.2) is 4.98 Å². The molecule has 0 unspecified atom stereocenters. The van der Waals surface area contributed by atoms with Gasteiger partial charge in [-0.1, -0.05) is 0 Å². The second-order valence-electron chi connectivity index (χ2n) is 2.08. The molecule has 12 heavy (non-hydrogen) atoms. The van der Waals surface area contributed by atoms with E-state index >= 15 is 0 Å². The minimum Gasteiger partial charge on any atom is -0.324 e. The van der Waals surface area contributed by atoms with Crippen molar-refractivity contribution in [3.63, 3.8) is 0 Å². The predicted octanol–water partition coefficient (Wildman–Crippen LogP) is 1.71. The Kier molecular flexibility index (Phi) is 3.55. The molecule has 0 aliphatic carbocycles. The molecule has 1 aromatic heterocycles. The van der Waals surface area contributed by atoms with Crippen LogP contribution >= 0.6 is 28.6 Å². The van der Waals surface area contributed by atoms with Crippen LogP contribution in [0.5, 0.6) is 0 Å². The first kappa shape index (κ1) is 9.54. The minimum absolute atomic E-state index is 0.137. The summed E-state index contributed by atoms with van der Waals surface area (Å²) in [5.41, 5.74) is 0.678. The maximum Gasteiger partial charge on any atom is 0.234 e. The van der Waals surface area contributed by atoms with Gasteiger partial charge in [0.15, 0.2) is 0 Å². The van der Waals surface area contributed by atoms with E-state index in [0.717, 1.165) is 4.60 Å². The summed E-state index contributed by atoms with van der Waals surface area (Å²) in [5, 5.41) is 2.62. The fourth-order valence-corrected chi connectivity index (χ4v) is 0.964. The molecule has 0 fully saturated rings. The molecule has 1 N–H and O–H groups in total. The molecular weight excluding hydrogens is 240 g/mol. The lowest BCUT2D eigenvalue weighted by molar-refractivity contribution is -0.113. The van der Waals surface area contributed by atoms with Crippen molar-refractivity contribution in [3.05, 3.63) is 22.9 Å². The molecule has 5 heteroatoms. The van der Waals surface area contributed by atoms with Crippen molar-refractivity contribution >= 4 is 40.2 Å². The van der Waals surface area contributed by atoms with Gasteiger partial charge in [0.2, 0.25) is 5.91 Å². The van der Waals surface area contributed by atoms with Crippen molar-refractivity contribution in [1.82, 2.24) is 4.98 Å². The summed E-state index contributed by atoms with van der Waals surface area (Å²) >= 11 is 7.01. The second-order valence-corrected chi connectivity index (χ2v) is 3.20. The number of amides is 1. The van der Waals surface area contributed by atoms with Crippen LogP contribution in [-0.4, -0.2) is 16.6 Å². The molecule has 0 spiro atoms. The number of aromatic nitrogens is 1. The molecular formula is C7H7BrN2OS. The van der Waals surface area contributed by atoms with E-state index < -0.39 is 0 Å². The van der Waals surface area contributed by atoms with E-state index in [1.54, 1.807) is 18.3 Å². The molecule has 0 radical (unpaired) electrons. The Bertz CT molecular complexity index is 275. The van der Waals surface area contributed by atoms with Crippen LogP contribution in [-0.2, 0) is 4.79 Å². The van der Waals surface area contributed by atoms with E-state index in [0.29, 0.717) is 5.69 Å². The van der Waals surface area contributed by atoms with Crippen molar-refractivity contribution in [2.24, 2.45) is 0 Å². The molecule has 1 amide bonds. The lowest BCUT2D eigenvalue weighted by Gasteiger charge is -2.01. The lowest BCUT2D eigenvalue weighted by Crippen LogP contribution is -2.12. The molecule has 0 bridgehead atoms. The van der Waals surface area contributed by atoms with Gasteiger partial charge in [0.1, 0.15) is 4.60 Å². The van der Waals surface area contributed by atoms with Gasteiger partial charge in [0.25, 0.3) is 0 Å². The van der Waals surface area contributed by atoms with Crippen LogP contribution < -0.4 is 5.32 Å². The Morgan fingerprint density at radius 2 is 2.42 bits per heavy atom. The van der Waals surface area contributed by atoms with Crippen LogP contribution in [0.4, 0.5) is 5.69 Å². The van der Waals surface area contributed by atoms with Crippen molar-refractivity contribution in [2.75, 3.05) is 11.1 Å². The summed E-state index contributed by atoms with van der Waals surface area (Å²) < 4.78 is 0.742. The molecule has 0 aliphatic heterocycles. The van der Waals surface area contributed by atoms with Crippen molar-refractivity contribution in [3.8, 4) is 0 Å². The molecule has 0 saturated carbocycles. The second kappa shape index (κ2) is 4.47. The molecule has 1 rings (SSSR count). The van der Waals surface area contributed by atoms with Gasteiger partial charge in [-0.05, 0) is 28.1 Å². The van der Waals surface area contributed by atoms with Gasteiger partial charge in [0.05, 0.1) is 17.6 Å². The maximum atomic E-state index is 10.8. The zero-order valence-electron chi connectivity index (χ0n) is 6.12. The topological polar surface area (TPSA) is 42.0 Å². The van der Waals surface area contributed by atoms with E-state index in [4.69, 9.17) is 0 Å². The molecule has 64 valence electrons. The third-order valence-corrected chi connectivity index (χ3v) is 1.91. The number of rotatable bonds is 2. The van der Waals surface area contributed by atoms with Gasteiger partial charge in [-0.2, -0.15) is 12.6 Å². The van der Waals surface area contributed by atoms with Crippen molar-refractivity contribution in [2.45, 2.75) is 0 Å². The van der Waals surface area contributed by atoms with Gasteiger partial charge in [0, 0.05) is 0 Å². The van der Waals surface area contributed by atoms with Gasteiger partial charge in [-0.3, -0.25) is 4.79 Å². The standard InChI is InChI=1S/C7H7BrN2OS/c8-6-2-1-5(3-9-6)10-7(11)4-12/h1-3,12H,4H2,(H,10,11). The highest BCUT2D eigenvalue weighted by Crippen LogP contribution is 2.09. The van der Waals surface area contributed by atoms with E-state index in [2.05, 4.69) is 38.9 Å². The number of pyridine rings is 1. The molecule has 0 saturated heterocycles. The number of nitrogens with zero attached hydrogens (tertiary/aromatic N) is 1. The number of carbonyl (C=O) groups is 1. The van der Waals surface area contributed by atoms with Crippen LogP contribution in [0.25, 0.3) is 0 Å². The summed E-state index contributed by atoms with van der Waals surface area (Å²) in [6, 6.07) is 3.52. The van der Waals surface area contributed by atoms with Gasteiger partial charge >= 0.3 is 0 Å². The van der Waals surface area contributed by atoms with E-state index in [1.165, 1.54) is 0 Å². The Hall–Kier alpha value is -0.550. The van der Waals surface area contributed by atoms with Crippen LogP contribution in [0, 0.1) is 0 Å². The number of halogens is 1. The molecule has 3 nitrogen and oxygen atoms in total. The predicted molar refractivity (Wildman–Crippen MR) is 54.4 cm³/mol. The number of anilines is 1. The van der Waals surface area contributed by atoms with E-state index in [9.17, 15) is 4.79 Å². The average Bonchev–Trinajstić information content (AvgIpc) is 2.09. The van der Waals surface area contributed by atoms with Gasteiger partial charge in [-0.15, -0.1) is 0 Å². The SMILES string of the molecule is O=C(CS)Nc1ccc(Br)nc1. The van der Waals surface area contributed by atoms with E-state index in [1.807, 2.05) is 0 Å². The highest BCUT2D eigenvalue weighted by Gasteiger charge is 1.98. The highest BCUT2D eigenvalue weighted by atomic mass is 79.9. The van der Waals surface area contributed by atoms with Crippen molar-refractivity contribution in [1.29, 1.82) is 0 Å². The first-order valence-electron chi connectivity index (χ1n) is 3.24. The lowest BCUT2D eigenvalue weighted by atomic mass is 10.4. The summed E-state index contributed by atoms with van der Waals surface area (Å²) in [6.45, 7) is 0. The number of thiol groups is 1. The monoisotopic (exact) mass is 246 g/mol. The quantitative estimate of drug-likeness (QED) is 0.617. The molecule has 0 aromatic carbocycles. The Morgan fingerprint density at radius 1 is 1.67 bits per heavy atom. The first-order valence-corrected chi connectivity index (χ1v) is 4.67. The Labute approximate surface area is 84.1 Å². The zero-order chi connectivity index (χ0) is 8.97. The first-order chi connectivity index (χ1) is 5.72. The Morgan fingerprint density at radius 3 is 2.92 bits per heavy atom. The number of nitrogens with one attached hydrogen (secondary N) is 1. The van der Waals surface area contributed by atoms with Crippen molar-refractivity contribution < 1.29 is 4.79 Å². The smallest absolute Gasteiger partial charge is 0.234 e. The summed E-state index contributed by atoms with van der Waals surface area (Å²) in [7, 11) is 0. The highest BCUT2D eigenvalue weighted by molar-refractivity contribution is 9.10. The van der Waals surface area contributed by atoms with Gasteiger partial charge < -0.3 is 5.32 Å². The summed E-state index contributed by atoms with van der Waals surface area (Å²) in [6.07, 6.45) is 1.57. The maximum absolute atomic E-state index is 10.8. The minimum atomic E-state index is -0.137. The Balaban J connectivity index is 2.64. The zero-order valence-corrected chi connectivity index (χ0v) is 8.60. The fourth-order valence-electron chi connectivity index (χ4n) is 0.650. The third-order valence-electron chi connectivity index (χ3n) is 1.15. The number of hydrogen-bond acceptors (Lipinski definition) is 3. The largest absolute Gasteiger partial charge is 0.324 e.